The number of likely N-dealkylation sites (tertiary alicyclic amines) is 1. The Balaban J connectivity index is 1.34. The number of fused-ring (bicyclic) bond motifs is 1. The van der Waals surface area contributed by atoms with Crippen LogP contribution in [0.3, 0.4) is 0 Å². The van der Waals surface area contributed by atoms with E-state index in [0.29, 0.717) is 13.0 Å². The highest BCUT2D eigenvalue weighted by Crippen LogP contribution is 2.41. The summed E-state index contributed by atoms with van der Waals surface area (Å²) in [5.74, 6) is 0.770. The van der Waals surface area contributed by atoms with Crippen molar-refractivity contribution in [3.63, 3.8) is 0 Å². The molecule has 0 radical (unpaired) electrons. The molecule has 2 heterocycles. The second kappa shape index (κ2) is 8.08. The number of carbonyl (C=O) groups is 1. The van der Waals surface area contributed by atoms with E-state index in [1.54, 1.807) is 28.8 Å². The van der Waals surface area contributed by atoms with E-state index in [9.17, 15) is 14.9 Å². The molecule has 7 nitrogen and oxygen atoms in total. The number of hydrogen-bond acceptors (Lipinski definition) is 6. The number of β-lactam (4-membered cyclic amide) rings is 1. The molecule has 0 spiro atoms. The largest absolute Gasteiger partial charge is 0.487 e. The van der Waals surface area contributed by atoms with E-state index in [1.807, 2.05) is 43.3 Å². The topological polar surface area (TPSA) is 85.0 Å². The number of nitrogens with zero attached hydrogens (tertiary/aromatic N) is 3. The van der Waals surface area contributed by atoms with Gasteiger partial charge in [0.05, 0.1) is 4.92 Å². The third kappa shape index (κ3) is 4.02. The quantitative estimate of drug-likeness (QED) is 0.394. The highest BCUT2D eigenvalue weighted by atomic mass is 32.2. The van der Waals surface area contributed by atoms with Gasteiger partial charge in [0.1, 0.15) is 22.8 Å². The predicted octanol–water partition coefficient (Wildman–Crippen LogP) is 3.80. The SMILES string of the molecule is C/C(=C\Cc1ccc([N+](=O)[O-])cc1)N1C(=O)C2N=C(COc3ccccc3)SC21. The number of aliphatic imine (C=N–C) groups is 1. The fraction of sp³-hybridized carbons (Fsp3) is 0.238. The zero-order valence-corrected chi connectivity index (χ0v) is 16.5. The molecule has 0 aliphatic carbocycles. The molecule has 2 unspecified atom stereocenters. The molecule has 8 heteroatoms. The lowest BCUT2D eigenvalue weighted by Crippen LogP contribution is -2.59. The maximum Gasteiger partial charge on any atom is 0.269 e. The van der Waals surface area contributed by atoms with Crippen molar-refractivity contribution in [1.29, 1.82) is 0 Å². The van der Waals surface area contributed by atoms with Crippen molar-refractivity contribution in [1.82, 2.24) is 4.90 Å². The molecule has 2 aliphatic rings. The Hall–Kier alpha value is -3.13. The molecule has 2 aromatic carbocycles. The van der Waals surface area contributed by atoms with Gasteiger partial charge < -0.3 is 4.74 Å². The summed E-state index contributed by atoms with van der Waals surface area (Å²) < 4.78 is 5.73. The van der Waals surface area contributed by atoms with Crippen molar-refractivity contribution in [3.05, 3.63) is 82.0 Å². The minimum atomic E-state index is -0.417. The summed E-state index contributed by atoms with van der Waals surface area (Å²) in [5.41, 5.74) is 1.88. The maximum atomic E-state index is 12.5. The molecule has 0 saturated carbocycles. The summed E-state index contributed by atoms with van der Waals surface area (Å²) in [7, 11) is 0. The fourth-order valence-electron chi connectivity index (χ4n) is 3.24. The Bertz CT molecular complexity index is 989. The van der Waals surface area contributed by atoms with Crippen molar-refractivity contribution >= 4 is 28.4 Å². The van der Waals surface area contributed by atoms with Crippen LogP contribution in [0.4, 0.5) is 5.69 Å². The van der Waals surface area contributed by atoms with E-state index in [2.05, 4.69) is 4.99 Å². The Kier molecular flexibility index (Phi) is 5.35. The first kappa shape index (κ1) is 19.2. The molecule has 0 aromatic heterocycles. The zero-order chi connectivity index (χ0) is 20.4. The van der Waals surface area contributed by atoms with Crippen LogP contribution >= 0.6 is 11.8 Å². The smallest absolute Gasteiger partial charge is 0.269 e. The first-order chi connectivity index (χ1) is 14.0. The van der Waals surface area contributed by atoms with Gasteiger partial charge in [0, 0.05) is 17.8 Å². The van der Waals surface area contributed by atoms with Gasteiger partial charge in [0.2, 0.25) is 0 Å². The van der Waals surface area contributed by atoms with Crippen LogP contribution < -0.4 is 4.74 Å². The molecule has 2 aliphatic heterocycles. The summed E-state index contributed by atoms with van der Waals surface area (Å²) in [4.78, 5) is 29.1. The van der Waals surface area contributed by atoms with E-state index in [-0.39, 0.29) is 23.0 Å². The van der Waals surface area contributed by atoms with Crippen LogP contribution in [0.15, 0.2) is 71.4 Å². The van der Waals surface area contributed by atoms with Crippen LogP contribution in [0, 0.1) is 10.1 Å². The predicted molar refractivity (Wildman–Crippen MR) is 112 cm³/mol. The second-order valence-electron chi connectivity index (χ2n) is 6.76. The molecule has 4 rings (SSSR count). The van der Waals surface area contributed by atoms with E-state index in [0.717, 1.165) is 22.1 Å². The van der Waals surface area contributed by atoms with Gasteiger partial charge in [-0.25, -0.2) is 0 Å². The molecule has 1 fully saturated rings. The third-order valence-corrected chi connectivity index (χ3v) is 6.03. The lowest BCUT2D eigenvalue weighted by molar-refractivity contribution is -0.384. The summed E-state index contributed by atoms with van der Waals surface area (Å²) in [6, 6.07) is 15.6. The molecule has 2 aromatic rings. The van der Waals surface area contributed by atoms with Crippen molar-refractivity contribution in [3.8, 4) is 5.75 Å². The number of nitro benzene ring substituents is 1. The zero-order valence-electron chi connectivity index (χ0n) is 15.7. The van der Waals surface area contributed by atoms with Gasteiger partial charge in [-0.1, -0.05) is 48.2 Å². The second-order valence-corrected chi connectivity index (χ2v) is 7.95. The molecular weight excluding hydrogens is 390 g/mol. The van der Waals surface area contributed by atoms with Crippen molar-refractivity contribution in [2.24, 2.45) is 4.99 Å². The summed E-state index contributed by atoms with van der Waals surface area (Å²) >= 11 is 1.56. The monoisotopic (exact) mass is 409 g/mol. The number of thioether (sulfide) groups is 1. The average Bonchev–Trinajstić information content (AvgIpc) is 3.10. The van der Waals surface area contributed by atoms with E-state index in [4.69, 9.17) is 4.74 Å². The van der Waals surface area contributed by atoms with Crippen LogP contribution in [-0.2, 0) is 11.2 Å². The van der Waals surface area contributed by atoms with Crippen molar-refractivity contribution < 1.29 is 14.5 Å². The van der Waals surface area contributed by atoms with Crippen LogP contribution in [0.25, 0.3) is 0 Å². The lowest BCUT2D eigenvalue weighted by Gasteiger charge is -2.41. The Morgan fingerprint density at radius 2 is 1.97 bits per heavy atom. The Labute approximate surface area is 172 Å². The van der Waals surface area contributed by atoms with Gasteiger partial charge in [-0.15, -0.1) is 0 Å². The van der Waals surface area contributed by atoms with E-state index < -0.39 is 4.92 Å². The molecule has 0 bridgehead atoms. The van der Waals surface area contributed by atoms with E-state index in [1.165, 1.54) is 12.1 Å². The molecule has 0 N–H and O–H groups in total. The van der Waals surface area contributed by atoms with Gasteiger partial charge in [-0.05, 0) is 31.0 Å². The molecule has 1 saturated heterocycles. The molecule has 29 heavy (non-hydrogen) atoms. The van der Waals surface area contributed by atoms with Crippen molar-refractivity contribution in [2.75, 3.05) is 6.61 Å². The summed E-state index contributed by atoms with van der Waals surface area (Å²) in [6.45, 7) is 2.26. The van der Waals surface area contributed by atoms with Crippen LogP contribution in [-0.4, -0.2) is 38.8 Å². The lowest BCUT2D eigenvalue weighted by atomic mass is 10.1. The number of ether oxygens (including phenoxy) is 1. The van der Waals surface area contributed by atoms with Gasteiger partial charge in [0.15, 0.2) is 6.04 Å². The Morgan fingerprint density at radius 1 is 1.24 bits per heavy atom. The highest BCUT2D eigenvalue weighted by molar-refractivity contribution is 8.15. The standard InChI is InChI=1S/C21H19N3O4S/c1-14(7-8-15-9-11-16(12-10-15)24(26)27)23-20(25)19-21(23)29-18(22-19)13-28-17-5-3-2-4-6-17/h2-7,9-12,19,21H,8,13H2,1H3/b14-7+. The first-order valence-corrected chi connectivity index (χ1v) is 10.1. The minimum absolute atomic E-state index is 0.00494. The van der Waals surface area contributed by atoms with Gasteiger partial charge in [0.25, 0.3) is 11.6 Å². The molecule has 2 atom stereocenters. The number of para-hydroxylation sites is 1. The number of benzene rings is 2. The Morgan fingerprint density at radius 3 is 2.66 bits per heavy atom. The van der Waals surface area contributed by atoms with Gasteiger partial charge in [-0.2, -0.15) is 0 Å². The fourth-order valence-corrected chi connectivity index (χ4v) is 4.50. The average molecular weight is 409 g/mol. The molecule has 1 amide bonds. The van der Waals surface area contributed by atoms with Crippen LogP contribution in [0.2, 0.25) is 0 Å². The number of hydrogen-bond donors (Lipinski definition) is 0. The number of carbonyl (C=O) groups excluding carboxylic acids is 1. The minimum Gasteiger partial charge on any atom is -0.487 e. The number of allylic oxidation sites excluding steroid dienone is 2. The van der Waals surface area contributed by atoms with Gasteiger partial charge in [-0.3, -0.25) is 24.8 Å². The summed E-state index contributed by atoms with van der Waals surface area (Å²) in [6.07, 6.45) is 2.56. The maximum absolute atomic E-state index is 12.5. The van der Waals surface area contributed by atoms with Crippen LogP contribution in [0.1, 0.15) is 12.5 Å². The van der Waals surface area contributed by atoms with Crippen LogP contribution in [0.5, 0.6) is 5.75 Å². The normalized spacial score (nSPS) is 20.7. The molecule has 148 valence electrons. The highest BCUT2D eigenvalue weighted by Gasteiger charge is 2.52. The first-order valence-electron chi connectivity index (χ1n) is 9.17. The third-order valence-electron chi connectivity index (χ3n) is 4.82. The van der Waals surface area contributed by atoms with Gasteiger partial charge >= 0.3 is 0 Å². The number of non-ortho nitro benzene ring substituents is 1. The number of rotatable bonds is 7. The molecular formula is C21H19N3O4S. The number of nitro groups is 1. The van der Waals surface area contributed by atoms with Crippen molar-refractivity contribution in [2.45, 2.75) is 24.8 Å². The number of amides is 1. The summed E-state index contributed by atoms with van der Waals surface area (Å²) in [5, 5.41) is 11.5. The van der Waals surface area contributed by atoms with E-state index >= 15 is 0 Å².